The van der Waals surface area contributed by atoms with Gasteiger partial charge in [0.1, 0.15) is 6.07 Å². The first-order chi connectivity index (χ1) is 24.7. The minimum absolute atomic E-state index is 0.529. The van der Waals surface area contributed by atoms with Crippen molar-refractivity contribution in [3.8, 4) is 45.8 Å². The molecule has 0 spiro atoms. The molecule has 0 fully saturated rings. The van der Waals surface area contributed by atoms with Crippen LogP contribution in [0.3, 0.4) is 0 Å². The third-order valence-corrected chi connectivity index (χ3v) is 9.61. The second-order valence-electron chi connectivity index (χ2n) is 12.3. The topological polar surface area (TPSA) is 61.8 Å². The molecular weight excluding hydrogens is 611 g/mol. The molecule has 0 saturated heterocycles. The number of hydrogen-bond donors (Lipinski definition) is 0. The van der Waals surface area contributed by atoms with Crippen LogP contribution in [0.1, 0.15) is 11.1 Å². The first-order valence-corrected chi connectivity index (χ1v) is 16.3. The summed E-state index contributed by atoms with van der Waals surface area (Å²) in [6.07, 6.45) is 0. The molecular formula is C45H25N5. The maximum atomic E-state index is 10.8. The van der Waals surface area contributed by atoms with Crippen molar-refractivity contribution in [2.45, 2.75) is 0 Å². The number of nitrogens with zero attached hydrogens (tertiary/aromatic N) is 5. The number of fused-ring (bicyclic) bond motifs is 6. The molecule has 0 atom stereocenters. The fourth-order valence-corrected chi connectivity index (χ4v) is 7.46. The minimum atomic E-state index is 0.529. The Morgan fingerprint density at radius 1 is 0.480 bits per heavy atom. The van der Waals surface area contributed by atoms with E-state index in [4.69, 9.17) is 6.57 Å². The molecule has 5 heteroatoms. The van der Waals surface area contributed by atoms with E-state index < -0.39 is 0 Å². The van der Waals surface area contributed by atoms with Crippen molar-refractivity contribution < 1.29 is 0 Å². The van der Waals surface area contributed by atoms with Gasteiger partial charge in [-0.25, -0.2) is 4.85 Å². The van der Waals surface area contributed by atoms with E-state index in [1.807, 2.05) is 103 Å². The largest absolute Gasteiger partial charge is 0.310 e. The average Bonchev–Trinajstić information content (AvgIpc) is 3.70. The van der Waals surface area contributed by atoms with Gasteiger partial charge in [0, 0.05) is 49.6 Å². The highest BCUT2D eigenvalue weighted by Crippen LogP contribution is 2.41. The Labute approximate surface area is 288 Å². The summed E-state index contributed by atoms with van der Waals surface area (Å²) in [6, 6.07) is 55.5. The van der Waals surface area contributed by atoms with Crippen LogP contribution >= 0.6 is 0 Å². The fourth-order valence-electron chi connectivity index (χ4n) is 7.46. The molecule has 50 heavy (non-hydrogen) atoms. The van der Waals surface area contributed by atoms with Crippen molar-refractivity contribution in [2.75, 3.05) is 0 Å². The molecule has 0 N–H and O–H groups in total. The molecule has 9 rings (SSSR count). The summed E-state index contributed by atoms with van der Waals surface area (Å²) in [4.78, 5) is 3.78. The molecule has 0 amide bonds. The van der Waals surface area contributed by atoms with Gasteiger partial charge in [0.25, 0.3) is 0 Å². The minimum Gasteiger partial charge on any atom is -0.310 e. The highest BCUT2D eigenvalue weighted by molar-refractivity contribution is 6.11. The molecule has 230 valence electrons. The molecule has 2 heterocycles. The van der Waals surface area contributed by atoms with Crippen LogP contribution in [0.25, 0.3) is 82.1 Å². The van der Waals surface area contributed by atoms with Gasteiger partial charge >= 0.3 is 0 Å². The molecule has 7 aromatic carbocycles. The van der Waals surface area contributed by atoms with E-state index >= 15 is 0 Å². The van der Waals surface area contributed by atoms with Crippen LogP contribution in [-0.2, 0) is 0 Å². The summed E-state index contributed by atoms with van der Waals surface area (Å²) in [6.45, 7) is 7.84. The second-order valence-corrected chi connectivity index (χ2v) is 12.3. The third kappa shape index (κ3) is 4.31. The summed E-state index contributed by atoms with van der Waals surface area (Å²) < 4.78 is 4.43. The van der Waals surface area contributed by atoms with Crippen LogP contribution in [-0.4, -0.2) is 9.13 Å². The highest BCUT2D eigenvalue weighted by atomic mass is 15.0. The number of benzene rings is 7. The van der Waals surface area contributed by atoms with E-state index in [1.165, 1.54) is 0 Å². The van der Waals surface area contributed by atoms with Crippen molar-refractivity contribution in [2.24, 2.45) is 0 Å². The lowest BCUT2D eigenvalue weighted by molar-refractivity contribution is 1.18. The molecule has 0 radical (unpaired) electrons. The molecule has 0 unspecified atom stereocenters. The third-order valence-electron chi connectivity index (χ3n) is 9.61. The number of aromatic nitrogens is 2. The predicted molar refractivity (Wildman–Crippen MR) is 202 cm³/mol. The van der Waals surface area contributed by atoms with Gasteiger partial charge in [-0.3, -0.25) is 0 Å². The quantitative estimate of drug-likeness (QED) is 0.181. The van der Waals surface area contributed by atoms with E-state index in [0.29, 0.717) is 16.8 Å². The maximum absolute atomic E-state index is 10.8. The summed E-state index contributed by atoms with van der Waals surface area (Å²) in [7, 11) is 0. The lowest BCUT2D eigenvalue weighted by atomic mass is 9.91. The van der Waals surface area contributed by atoms with Gasteiger partial charge in [-0.15, -0.1) is 0 Å². The van der Waals surface area contributed by atoms with Crippen molar-refractivity contribution in [1.82, 2.24) is 9.13 Å². The van der Waals surface area contributed by atoms with Crippen molar-refractivity contribution in [3.05, 3.63) is 174 Å². The van der Waals surface area contributed by atoms with Gasteiger partial charge in [-0.1, -0.05) is 97.1 Å². The van der Waals surface area contributed by atoms with Crippen LogP contribution in [0.4, 0.5) is 5.69 Å². The van der Waals surface area contributed by atoms with Gasteiger partial charge in [0.05, 0.1) is 45.8 Å². The Bertz CT molecular complexity index is 2920. The van der Waals surface area contributed by atoms with Crippen LogP contribution in [0.2, 0.25) is 0 Å². The van der Waals surface area contributed by atoms with Gasteiger partial charge in [-0.2, -0.15) is 10.5 Å². The van der Waals surface area contributed by atoms with E-state index in [-0.39, 0.29) is 0 Å². The van der Waals surface area contributed by atoms with Crippen LogP contribution < -0.4 is 0 Å². The first-order valence-electron chi connectivity index (χ1n) is 16.3. The smallest absolute Gasteiger partial charge is 0.189 e. The van der Waals surface area contributed by atoms with Crippen molar-refractivity contribution >= 4 is 49.3 Å². The number of nitriles is 2. The van der Waals surface area contributed by atoms with Crippen LogP contribution in [0.5, 0.6) is 0 Å². The summed E-state index contributed by atoms with van der Waals surface area (Å²) >= 11 is 0. The molecule has 2 aromatic heterocycles. The molecule has 0 aliphatic rings. The summed E-state index contributed by atoms with van der Waals surface area (Å²) in [5.74, 6) is 0. The van der Waals surface area contributed by atoms with Crippen molar-refractivity contribution in [3.63, 3.8) is 0 Å². The molecule has 0 saturated carbocycles. The zero-order valence-corrected chi connectivity index (χ0v) is 26.7. The molecule has 5 nitrogen and oxygen atoms in total. The molecule has 0 bridgehead atoms. The van der Waals surface area contributed by atoms with Gasteiger partial charge < -0.3 is 9.13 Å². The Morgan fingerprint density at radius 2 is 1.10 bits per heavy atom. The molecule has 0 aliphatic carbocycles. The summed E-state index contributed by atoms with van der Waals surface area (Å²) in [5.41, 5.74) is 11.0. The maximum Gasteiger partial charge on any atom is 0.189 e. The number of rotatable bonds is 4. The Balaban J connectivity index is 1.26. The molecule has 9 aromatic rings. The van der Waals surface area contributed by atoms with Gasteiger partial charge in [0.15, 0.2) is 5.69 Å². The SMILES string of the molecule is [C-]#[N+]c1ccc(-c2cccc(-c3cccc(-n4c5ccccc5c5cc(C#N)ccc54)c3)c2C#N)c(-n2c3ccccc3c3ccccc32)c1. The lowest BCUT2D eigenvalue weighted by Crippen LogP contribution is -1.99. The van der Waals surface area contributed by atoms with Gasteiger partial charge in [0.2, 0.25) is 0 Å². The standard InChI is InChI=1S/C45H25N5/c1-48-31-21-22-38(45(26-31)50-42-18-6-2-12-35(42)36-13-3-7-19-43(36)50)34-16-9-15-33(40(34)28-47)30-10-8-11-32(25-30)49-41-17-5-4-14-37(41)39-24-29(27-46)20-23-44(39)49/h2-26H. The zero-order valence-electron chi connectivity index (χ0n) is 26.7. The predicted octanol–water partition coefficient (Wildman–Crippen LogP) is 11.5. The van der Waals surface area contributed by atoms with Crippen LogP contribution in [0.15, 0.2) is 152 Å². The van der Waals surface area contributed by atoms with E-state index in [9.17, 15) is 10.5 Å². The average molecular weight is 636 g/mol. The normalized spacial score (nSPS) is 11.1. The number of hydrogen-bond acceptors (Lipinski definition) is 2. The Morgan fingerprint density at radius 3 is 1.78 bits per heavy atom. The Hall–Kier alpha value is -7.39. The zero-order chi connectivity index (χ0) is 33.8. The Kier molecular flexibility index (Phi) is 6.56. The summed E-state index contributed by atoms with van der Waals surface area (Å²) in [5, 5.41) is 24.8. The van der Waals surface area contributed by atoms with E-state index in [2.05, 4.69) is 74.6 Å². The molecule has 0 aliphatic heterocycles. The van der Waals surface area contributed by atoms with Gasteiger partial charge in [-0.05, 0) is 60.2 Å². The number of para-hydroxylation sites is 3. The fraction of sp³-hybridized carbons (Fsp3) is 0. The van der Waals surface area contributed by atoms with E-state index in [0.717, 1.165) is 77.2 Å². The first kappa shape index (κ1) is 28.8. The highest BCUT2D eigenvalue weighted by Gasteiger charge is 2.20. The monoisotopic (exact) mass is 635 g/mol. The lowest BCUT2D eigenvalue weighted by Gasteiger charge is -2.17. The second kappa shape index (κ2) is 11.4. The van der Waals surface area contributed by atoms with Crippen LogP contribution in [0, 0.1) is 29.2 Å². The van der Waals surface area contributed by atoms with E-state index in [1.54, 1.807) is 0 Å². The van der Waals surface area contributed by atoms with Crippen molar-refractivity contribution in [1.29, 1.82) is 10.5 Å².